The van der Waals surface area contributed by atoms with Crippen molar-refractivity contribution in [2.24, 2.45) is 11.8 Å². The van der Waals surface area contributed by atoms with Crippen molar-refractivity contribution >= 4 is 22.4 Å². The van der Waals surface area contributed by atoms with E-state index in [0.717, 1.165) is 54.0 Å². The van der Waals surface area contributed by atoms with Crippen molar-refractivity contribution in [2.75, 3.05) is 45.2 Å². The van der Waals surface area contributed by atoms with Crippen LogP contribution < -0.4 is 4.90 Å². The molecule has 0 aliphatic carbocycles. The van der Waals surface area contributed by atoms with Gasteiger partial charge < -0.3 is 9.80 Å². The summed E-state index contributed by atoms with van der Waals surface area (Å²) in [6.07, 6.45) is 6.46. The summed E-state index contributed by atoms with van der Waals surface area (Å²) in [4.78, 5) is 33.6. The first kappa shape index (κ1) is 19.3. The monoisotopic (exact) mass is 400 g/mol. The highest BCUT2D eigenvalue weighted by Crippen LogP contribution is 2.36. The number of carbonyl (C=O) groups excluding carboxylic acids is 1. The molecule has 2 saturated heterocycles. The molecule has 2 aliphatic heterocycles. The second-order valence-corrected chi connectivity index (χ2v) is 9.10. The molecule has 150 valence electrons. The van der Waals surface area contributed by atoms with Gasteiger partial charge in [-0.1, -0.05) is 11.3 Å². The highest BCUT2D eigenvalue weighted by atomic mass is 32.1. The van der Waals surface area contributed by atoms with Crippen LogP contribution in [0.25, 0.3) is 0 Å². The van der Waals surface area contributed by atoms with E-state index >= 15 is 0 Å². The summed E-state index contributed by atoms with van der Waals surface area (Å²) in [6, 6.07) is 0.255. The van der Waals surface area contributed by atoms with Gasteiger partial charge in [-0.3, -0.25) is 19.7 Å². The molecule has 0 saturated carbocycles. The number of aromatic nitrogens is 3. The molecule has 0 N–H and O–H groups in total. The first-order chi connectivity index (χ1) is 13.4. The Balaban J connectivity index is 1.43. The smallest absolute Gasteiger partial charge is 0.265 e. The predicted octanol–water partition coefficient (Wildman–Crippen LogP) is 2.46. The van der Waals surface area contributed by atoms with E-state index in [9.17, 15) is 4.79 Å². The largest absolute Gasteiger partial charge is 0.354 e. The fourth-order valence-corrected chi connectivity index (χ4v) is 5.30. The zero-order valence-corrected chi connectivity index (χ0v) is 17.8. The number of carbonyl (C=O) groups is 1. The van der Waals surface area contributed by atoms with Gasteiger partial charge >= 0.3 is 0 Å². The molecule has 2 aliphatic rings. The summed E-state index contributed by atoms with van der Waals surface area (Å²) >= 11 is 1.50. The lowest BCUT2D eigenvalue weighted by Gasteiger charge is -2.37. The molecule has 0 spiro atoms. The van der Waals surface area contributed by atoms with Crippen LogP contribution in [0.2, 0.25) is 0 Å². The molecule has 8 heteroatoms. The molecule has 0 bridgehead atoms. The molecule has 4 rings (SSSR count). The van der Waals surface area contributed by atoms with Gasteiger partial charge in [-0.15, -0.1) is 0 Å². The van der Waals surface area contributed by atoms with E-state index in [-0.39, 0.29) is 11.9 Å². The van der Waals surface area contributed by atoms with Gasteiger partial charge in [0.2, 0.25) is 0 Å². The lowest BCUT2D eigenvalue weighted by Crippen LogP contribution is -2.41. The van der Waals surface area contributed by atoms with Gasteiger partial charge in [0, 0.05) is 52.3 Å². The van der Waals surface area contributed by atoms with Crippen molar-refractivity contribution in [3.05, 3.63) is 34.9 Å². The fraction of sp³-hybridized carbons (Fsp3) is 0.600. The van der Waals surface area contributed by atoms with Crippen LogP contribution in [0.1, 0.15) is 40.4 Å². The SMILES string of the molecule is Cc1nc(N(C)C)sc1C(=O)N1C[C@H]2CCN(C(C)c3cnccn3)C[C@H]2C1. The number of piperidine rings is 1. The van der Waals surface area contributed by atoms with Crippen LogP contribution in [0.4, 0.5) is 5.13 Å². The van der Waals surface area contributed by atoms with E-state index in [2.05, 4.69) is 26.8 Å². The number of amides is 1. The highest BCUT2D eigenvalue weighted by molar-refractivity contribution is 7.17. The Kier molecular flexibility index (Phi) is 5.33. The van der Waals surface area contributed by atoms with Gasteiger partial charge in [-0.2, -0.15) is 0 Å². The quantitative estimate of drug-likeness (QED) is 0.786. The molecule has 7 nitrogen and oxygen atoms in total. The highest BCUT2D eigenvalue weighted by Gasteiger charge is 2.40. The maximum absolute atomic E-state index is 13.1. The van der Waals surface area contributed by atoms with Gasteiger partial charge in [0.1, 0.15) is 4.88 Å². The Morgan fingerprint density at radius 2 is 2.04 bits per heavy atom. The molecule has 2 aromatic heterocycles. The topological polar surface area (TPSA) is 65.5 Å². The van der Waals surface area contributed by atoms with Crippen LogP contribution >= 0.6 is 11.3 Å². The van der Waals surface area contributed by atoms with Crippen molar-refractivity contribution in [1.82, 2.24) is 24.8 Å². The molecule has 2 aromatic rings. The Labute approximate surface area is 170 Å². The first-order valence-electron chi connectivity index (χ1n) is 9.88. The van der Waals surface area contributed by atoms with E-state index in [1.807, 2.05) is 37.0 Å². The van der Waals surface area contributed by atoms with E-state index in [1.165, 1.54) is 11.3 Å². The van der Waals surface area contributed by atoms with Crippen LogP contribution in [-0.4, -0.2) is 70.9 Å². The number of rotatable bonds is 4. The predicted molar refractivity (Wildman–Crippen MR) is 111 cm³/mol. The molecular weight excluding hydrogens is 372 g/mol. The Morgan fingerprint density at radius 1 is 1.25 bits per heavy atom. The Bertz CT molecular complexity index is 838. The molecule has 1 amide bonds. The number of aryl methyl sites for hydroxylation is 1. The summed E-state index contributed by atoms with van der Waals surface area (Å²) in [7, 11) is 3.92. The van der Waals surface area contributed by atoms with Crippen molar-refractivity contribution < 1.29 is 4.79 Å². The average Bonchev–Trinajstić information content (AvgIpc) is 3.30. The summed E-state index contributed by atoms with van der Waals surface area (Å²) in [5.41, 5.74) is 1.86. The minimum Gasteiger partial charge on any atom is -0.354 e. The molecule has 0 aromatic carbocycles. The summed E-state index contributed by atoms with van der Waals surface area (Å²) in [5, 5.41) is 0.890. The third-order valence-corrected chi connectivity index (χ3v) is 7.35. The van der Waals surface area contributed by atoms with E-state index in [4.69, 9.17) is 0 Å². The van der Waals surface area contributed by atoms with Crippen molar-refractivity contribution in [2.45, 2.75) is 26.3 Å². The number of thiazole rings is 1. The van der Waals surface area contributed by atoms with E-state index in [1.54, 1.807) is 12.4 Å². The van der Waals surface area contributed by atoms with Gasteiger partial charge in [-0.05, 0) is 38.6 Å². The van der Waals surface area contributed by atoms with Gasteiger partial charge in [0.25, 0.3) is 5.91 Å². The lowest BCUT2D eigenvalue weighted by atomic mass is 9.88. The maximum Gasteiger partial charge on any atom is 0.265 e. The molecule has 4 heterocycles. The van der Waals surface area contributed by atoms with Gasteiger partial charge in [0.05, 0.1) is 17.4 Å². The van der Waals surface area contributed by atoms with Crippen LogP contribution in [0.3, 0.4) is 0 Å². The second-order valence-electron chi connectivity index (χ2n) is 8.13. The van der Waals surface area contributed by atoms with Crippen LogP contribution in [0.5, 0.6) is 0 Å². The fourth-order valence-electron chi connectivity index (χ4n) is 4.34. The van der Waals surface area contributed by atoms with Gasteiger partial charge in [-0.25, -0.2) is 4.98 Å². The molecule has 3 atom stereocenters. The minimum atomic E-state index is 0.144. The maximum atomic E-state index is 13.1. The number of hydrogen-bond acceptors (Lipinski definition) is 7. The number of hydrogen-bond donors (Lipinski definition) is 0. The third kappa shape index (κ3) is 3.63. The Morgan fingerprint density at radius 3 is 2.71 bits per heavy atom. The normalized spacial score (nSPS) is 23.5. The zero-order chi connectivity index (χ0) is 19.8. The van der Waals surface area contributed by atoms with Crippen LogP contribution in [0.15, 0.2) is 18.6 Å². The molecule has 0 radical (unpaired) electrons. The standard InChI is InChI=1S/C20H28N6OS/c1-13-18(28-20(23-13)24(3)4)19(27)26-10-15-5-8-25(11-16(15)12-26)14(2)17-9-21-6-7-22-17/h6-7,9,14-16H,5,8,10-12H2,1-4H3/t14?,15-,16+/m1/s1. The molecule has 1 unspecified atom stereocenters. The molecule has 2 fully saturated rings. The second kappa shape index (κ2) is 7.75. The number of anilines is 1. The Hall–Kier alpha value is -2.06. The number of nitrogens with zero attached hydrogens (tertiary/aromatic N) is 6. The van der Waals surface area contributed by atoms with Crippen molar-refractivity contribution in [3.63, 3.8) is 0 Å². The van der Waals surface area contributed by atoms with Crippen molar-refractivity contribution in [3.8, 4) is 0 Å². The van der Waals surface area contributed by atoms with Gasteiger partial charge in [0.15, 0.2) is 5.13 Å². The van der Waals surface area contributed by atoms with Crippen molar-refractivity contribution in [1.29, 1.82) is 0 Å². The third-order valence-electron chi connectivity index (χ3n) is 6.04. The van der Waals surface area contributed by atoms with E-state index < -0.39 is 0 Å². The number of likely N-dealkylation sites (tertiary alicyclic amines) is 2. The summed E-state index contributed by atoms with van der Waals surface area (Å²) in [5.74, 6) is 1.26. The van der Waals surface area contributed by atoms with Crippen LogP contribution in [-0.2, 0) is 0 Å². The summed E-state index contributed by atoms with van der Waals surface area (Å²) < 4.78 is 0. The molecular formula is C20H28N6OS. The van der Waals surface area contributed by atoms with Crippen LogP contribution in [0, 0.1) is 18.8 Å². The summed E-state index contributed by atoms with van der Waals surface area (Å²) in [6.45, 7) is 7.89. The molecule has 28 heavy (non-hydrogen) atoms. The van der Waals surface area contributed by atoms with E-state index in [0.29, 0.717) is 11.8 Å². The first-order valence-corrected chi connectivity index (χ1v) is 10.7. The lowest BCUT2D eigenvalue weighted by molar-refractivity contribution is 0.0786. The number of fused-ring (bicyclic) bond motifs is 1. The average molecular weight is 401 g/mol. The minimum absolute atomic E-state index is 0.144. The zero-order valence-electron chi connectivity index (χ0n) is 17.0.